The maximum Gasteiger partial charge on any atom is 0.255 e. The number of sulfonamides is 1. The third kappa shape index (κ3) is 4.30. The molecule has 0 aromatic heterocycles. The molecule has 0 unspecified atom stereocenters. The van der Waals surface area contributed by atoms with Crippen LogP contribution in [0.2, 0.25) is 0 Å². The number of carbonyl (C=O) groups is 1. The van der Waals surface area contributed by atoms with Crippen molar-refractivity contribution >= 4 is 21.6 Å². The highest BCUT2D eigenvalue weighted by Gasteiger charge is 2.26. The van der Waals surface area contributed by atoms with Crippen LogP contribution in [-0.2, 0) is 10.0 Å². The summed E-state index contributed by atoms with van der Waals surface area (Å²) in [5.74, 6) is -0.167. The summed E-state index contributed by atoms with van der Waals surface area (Å²) < 4.78 is 26.9. The van der Waals surface area contributed by atoms with Gasteiger partial charge in [0.1, 0.15) is 0 Å². The molecule has 1 saturated heterocycles. The Labute approximate surface area is 177 Å². The summed E-state index contributed by atoms with van der Waals surface area (Å²) in [6.07, 6.45) is 1.84. The van der Waals surface area contributed by atoms with Crippen molar-refractivity contribution in [3.05, 3.63) is 83.9 Å². The van der Waals surface area contributed by atoms with E-state index < -0.39 is 10.0 Å². The molecule has 5 nitrogen and oxygen atoms in total. The van der Waals surface area contributed by atoms with Gasteiger partial charge in [0.05, 0.1) is 4.90 Å². The zero-order valence-electron chi connectivity index (χ0n) is 16.8. The van der Waals surface area contributed by atoms with Gasteiger partial charge in [-0.3, -0.25) is 4.79 Å². The van der Waals surface area contributed by atoms with E-state index in [0.29, 0.717) is 23.5 Å². The van der Waals surface area contributed by atoms with Gasteiger partial charge in [0.15, 0.2) is 0 Å². The van der Waals surface area contributed by atoms with Gasteiger partial charge >= 0.3 is 0 Å². The summed E-state index contributed by atoms with van der Waals surface area (Å²) in [6, 6.07) is 21.9. The van der Waals surface area contributed by atoms with Crippen LogP contribution >= 0.6 is 0 Å². The van der Waals surface area contributed by atoms with Crippen LogP contribution in [0, 0.1) is 6.92 Å². The van der Waals surface area contributed by atoms with Crippen molar-refractivity contribution < 1.29 is 13.2 Å². The summed E-state index contributed by atoms with van der Waals surface area (Å²) in [4.78, 5) is 12.8. The Hall–Kier alpha value is -2.96. The number of anilines is 1. The second-order valence-electron chi connectivity index (χ2n) is 7.54. The topological polar surface area (TPSA) is 66.5 Å². The summed E-state index contributed by atoms with van der Waals surface area (Å²) in [6.45, 7) is 3.17. The highest BCUT2D eigenvalue weighted by molar-refractivity contribution is 7.89. The Morgan fingerprint density at radius 2 is 1.47 bits per heavy atom. The van der Waals surface area contributed by atoms with E-state index in [-0.39, 0.29) is 5.91 Å². The summed E-state index contributed by atoms with van der Waals surface area (Å²) in [5.41, 5.74) is 4.24. The maximum absolute atomic E-state index is 12.7. The second kappa shape index (κ2) is 8.42. The smallest absolute Gasteiger partial charge is 0.255 e. The third-order valence-corrected chi connectivity index (χ3v) is 7.23. The van der Waals surface area contributed by atoms with E-state index in [4.69, 9.17) is 0 Å². The summed E-state index contributed by atoms with van der Waals surface area (Å²) >= 11 is 0. The van der Waals surface area contributed by atoms with Crippen molar-refractivity contribution in [1.82, 2.24) is 4.31 Å². The molecule has 6 heteroatoms. The Balaban J connectivity index is 1.48. The molecule has 4 rings (SSSR count). The molecule has 0 radical (unpaired) electrons. The van der Waals surface area contributed by atoms with E-state index in [0.717, 1.165) is 35.2 Å². The molecule has 3 aromatic rings. The van der Waals surface area contributed by atoms with Gasteiger partial charge in [-0.05, 0) is 72.9 Å². The molecule has 0 saturated carbocycles. The van der Waals surface area contributed by atoms with Crippen molar-refractivity contribution in [3.63, 3.8) is 0 Å². The van der Waals surface area contributed by atoms with Crippen molar-refractivity contribution in [2.75, 3.05) is 18.4 Å². The van der Waals surface area contributed by atoms with E-state index in [1.165, 1.54) is 0 Å². The minimum atomic E-state index is -3.41. The Bertz CT molecular complexity index is 1150. The van der Waals surface area contributed by atoms with E-state index in [2.05, 4.69) is 5.32 Å². The van der Waals surface area contributed by atoms with Crippen LogP contribution in [0.15, 0.2) is 77.7 Å². The first-order valence-electron chi connectivity index (χ1n) is 10.0. The van der Waals surface area contributed by atoms with Crippen molar-refractivity contribution in [3.8, 4) is 11.1 Å². The number of rotatable bonds is 5. The highest BCUT2D eigenvalue weighted by Crippen LogP contribution is 2.25. The third-order valence-electron chi connectivity index (χ3n) is 5.31. The van der Waals surface area contributed by atoms with Gasteiger partial charge in [-0.1, -0.05) is 36.4 Å². The Morgan fingerprint density at radius 1 is 0.867 bits per heavy atom. The lowest BCUT2D eigenvalue weighted by molar-refractivity contribution is 0.102. The lowest BCUT2D eigenvalue weighted by Crippen LogP contribution is -2.27. The van der Waals surface area contributed by atoms with E-state index in [1.54, 1.807) is 28.6 Å². The molecule has 1 fully saturated rings. The maximum atomic E-state index is 12.7. The van der Waals surface area contributed by atoms with E-state index >= 15 is 0 Å². The van der Waals surface area contributed by atoms with Gasteiger partial charge in [-0.2, -0.15) is 4.31 Å². The van der Waals surface area contributed by atoms with Crippen LogP contribution in [0.1, 0.15) is 28.8 Å². The average Bonchev–Trinajstić information content (AvgIpc) is 3.30. The predicted molar refractivity (Wildman–Crippen MR) is 119 cm³/mol. The van der Waals surface area contributed by atoms with Crippen molar-refractivity contribution in [2.24, 2.45) is 0 Å². The number of carbonyl (C=O) groups excluding carboxylic acids is 1. The molecular weight excluding hydrogens is 396 g/mol. The summed E-state index contributed by atoms with van der Waals surface area (Å²) in [5, 5.41) is 2.90. The first-order valence-corrected chi connectivity index (χ1v) is 11.5. The minimum Gasteiger partial charge on any atom is -0.322 e. The van der Waals surface area contributed by atoms with Gasteiger partial charge in [0.2, 0.25) is 10.0 Å². The fourth-order valence-corrected chi connectivity index (χ4v) is 5.15. The van der Waals surface area contributed by atoms with Crippen LogP contribution < -0.4 is 5.32 Å². The van der Waals surface area contributed by atoms with Gasteiger partial charge in [-0.15, -0.1) is 0 Å². The second-order valence-corrected chi connectivity index (χ2v) is 9.47. The molecule has 1 aliphatic heterocycles. The van der Waals surface area contributed by atoms with Gasteiger partial charge in [0.25, 0.3) is 5.91 Å². The minimum absolute atomic E-state index is 0.167. The molecule has 0 bridgehead atoms. The Morgan fingerprint density at radius 3 is 2.07 bits per heavy atom. The largest absolute Gasteiger partial charge is 0.322 e. The molecule has 0 aliphatic carbocycles. The number of hydrogen-bond donors (Lipinski definition) is 1. The predicted octanol–water partition coefficient (Wildman–Crippen LogP) is 4.70. The van der Waals surface area contributed by atoms with Gasteiger partial charge < -0.3 is 5.32 Å². The first kappa shape index (κ1) is 20.3. The lowest BCUT2D eigenvalue weighted by atomic mass is 10.0. The normalized spacial score (nSPS) is 14.6. The molecule has 30 heavy (non-hydrogen) atoms. The molecule has 0 spiro atoms. The molecule has 3 aromatic carbocycles. The van der Waals surface area contributed by atoms with Crippen LogP contribution in [0.3, 0.4) is 0 Å². The SMILES string of the molecule is Cc1cccc(NC(=O)c2ccc(-c3ccc(S(=O)(=O)N4CCCC4)cc3)cc2)c1. The van der Waals surface area contributed by atoms with Crippen LogP contribution in [0.25, 0.3) is 11.1 Å². The molecule has 1 aliphatic rings. The number of amides is 1. The first-order chi connectivity index (χ1) is 14.4. The highest BCUT2D eigenvalue weighted by atomic mass is 32.2. The van der Waals surface area contributed by atoms with E-state index in [9.17, 15) is 13.2 Å². The number of nitrogens with zero attached hydrogens (tertiary/aromatic N) is 1. The molecule has 154 valence electrons. The molecule has 1 N–H and O–H groups in total. The monoisotopic (exact) mass is 420 g/mol. The quantitative estimate of drug-likeness (QED) is 0.651. The zero-order valence-corrected chi connectivity index (χ0v) is 17.7. The summed E-state index contributed by atoms with van der Waals surface area (Å²) in [7, 11) is -3.41. The standard InChI is InChI=1S/C24H24N2O3S/c1-18-5-4-6-22(17-18)25-24(27)21-9-7-19(8-10-21)20-11-13-23(14-12-20)30(28,29)26-15-2-3-16-26/h4-14,17H,2-3,15-16H2,1H3,(H,25,27). The molecule has 0 atom stereocenters. The average molecular weight is 421 g/mol. The molecular formula is C24H24N2O3S. The van der Waals surface area contributed by atoms with Gasteiger partial charge in [0, 0.05) is 24.3 Å². The van der Waals surface area contributed by atoms with Crippen LogP contribution in [0.5, 0.6) is 0 Å². The van der Waals surface area contributed by atoms with Crippen molar-refractivity contribution in [1.29, 1.82) is 0 Å². The number of nitrogens with one attached hydrogen (secondary N) is 1. The zero-order chi connectivity index (χ0) is 21.1. The van der Waals surface area contributed by atoms with Crippen LogP contribution in [0.4, 0.5) is 5.69 Å². The van der Waals surface area contributed by atoms with E-state index in [1.807, 2.05) is 55.5 Å². The van der Waals surface area contributed by atoms with Crippen molar-refractivity contribution in [2.45, 2.75) is 24.7 Å². The number of benzene rings is 3. The Kier molecular flexibility index (Phi) is 5.70. The fraction of sp³-hybridized carbons (Fsp3) is 0.208. The molecule has 1 heterocycles. The molecule has 1 amide bonds. The number of aryl methyl sites for hydroxylation is 1. The van der Waals surface area contributed by atoms with Gasteiger partial charge in [-0.25, -0.2) is 8.42 Å². The fourth-order valence-electron chi connectivity index (χ4n) is 3.64. The number of hydrogen-bond acceptors (Lipinski definition) is 3. The lowest BCUT2D eigenvalue weighted by Gasteiger charge is -2.15. The van der Waals surface area contributed by atoms with Crippen LogP contribution in [-0.4, -0.2) is 31.7 Å².